The third-order valence-electron chi connectivity index (χ3n) is 5.75. The van der Waals surface area contributed by atoms with Gasteiger partial charge in [-0.05, 0) is 17.4 Å². The lowest BCUT2D eigenvalue weighted by Crippen LogP contribution is -2.40. The minimum absolute atomic E-state index is 0.0149. The first-order valence-corrected chi connectivity index (χ1v) is 8.58. The van der Waals surface area contributed by atoms with Crippen molar-refractivity contribution in [1.82, 2.24) is 9.80 Å². The molecular weight excluding hydrogens is 304 g/mol. The van der Waals surface area contributed by atoms with Crippen molar-refractivity contribution in [3.8, 4) is 0 Å². The molecule has 1 saturated heterocycles. The maximum absolute atomic E-state index is 12.7. The van der Waals surface area contributed by atoms with Crippen LogP contribution in [0.2, 0.25) is 0 Å². The molecule has 0 bridgehead atoms. The van der Waals surface area contributed by atoms with E-state index in [0.29, 0.717) is 0 Å². The number of carbonyl (C=O) groups is 2. The fourth-order valence-corrected chi connectivity index (χ4v) is 4.07. The lowest BCUT2D eigenvalue weighted by Gasteiger charge is -2.26. The van der Waals surface area contributed by atoms with E-state index in [1.165, 1.54) is 5.56 Å². The molecule has 0 aromatic heterocycles. The van der Waals surface area contributed by atoms with Crippen molar-refractivity contribution in [3.05, 3.63) is 35.9 Å². The molecule has 5 heteroatoms. The molecule has 1 amide bonds. The first-order chi connectivity index (χ1) is 11.3. The van der Waals surface area contributed by atoms with E-state index in [4.69, 9.17) is 0 Å². The third kappa shape index (κ3) is 3.05. The van der Waals surface area contributed by atoms with Crippen LogP contribution in [0, 0.1) is 17.3 Å². The molecule has 1 aliphatic heterocycles. The first kappa shape index (κ1) is 17.0. The highest BCUT2D eigenvalue weighted by Gasteiger charge is 2.66. The zero-order valence-electron chi connectivity index (χ0n) is 14.6. The number of amides is 1. The Morgan fingerprint density at radius 2 is 1.92 bits per heavy atom. The average molecular weight is 330 g/mol. The van der Waals surface area contributed by atoms with E-state index in [1.54, 1.807) is 4.90 Å². The van der Waals surface area contributed by atoms with Crippen molar-refractivity contribution in [1.29, 1.82) is 0 Å². The molecule has 130 valence electrons. The molecule has 1 aromatic carbocycles. The van der Waals surface area contributed by atoms with Crippen molar-refractivity contribution in [2.75, 3.05) is 20.1 Å². The second-order valence-electron chi connectivity index (χ2n) is 7.73. The molecule has 0 spiro atoms. The number of nitrogens with zero attached hydrogens (tertiary/aromatic N) is 2. The topological polar surface area (TPSA) is 60.9 Å². The summed E-state index contributed by atoms with van der Waals surface area (Å²) in [5, 5.41) is 9.28. The van der Waals surface area contributed by atoms with Gasteiger partial charge in [0, 0.05) is 32.7 Å². The number of benzene rings is 1. The van der Waals surface area contributed by atoms with Gasteiger partial charge in [-0.3, -0.25) is 14.5 Å². The number of hydrogen-bond acceptors (Lipinski definition) is 3. The Hall–Kier alpha value is -1.88. The monoisotopic (exact) mass is 330 g/mol. The molecule has 3 atom stereocenters. The maximum Gasteiger partial charge on any atom is 0.307 e. The van der Waals surface area contributed by atoms with Gasteiger partial charge in [-0.15, -0.1) is 0 Å². The van der Waals surface area contributed by atoms with E-state index >= 15 is 0 Å². The zero-order valence-corrected chi connectivity index (χ0v) is 14.6. The van der Waals surface area contributed by atoms with Crippen molar-refractivity contribution in [2.24, 2.45) is 17.3 Å². The van der Waals surface area contributed by atoms with Gasteiger partial charge in [0.1, 0.15) is 0 Å². The minimum Gasteiger partial charge on any atom is -0.481 e. The second kappa shape index (κ2) is 6.20. The van der Waals surface area contributed by atoms with Gasteiger partial charge in [0.15, 0.2) is 0 Å². The van der Waals surface area contributed by atoms with Gasteiger partial charge in [-0.2, -0.15) is 0 Å². The Morgan fingerprint density at radius 1 is 1.25 bits per heavy atom. The summed E-state index contributed by atoms with van der Waals surface area (Å²) in [5.41, 5.74) is 0.848. The van der Waals surface area contributed by atoms with Crippen LogP contribution in [-0.4, -0.2) is 53.0 Å². The zero-order chi connectivity index (χ0) is 17.5. The van der Waals surface area contributed by atoms with E-state index in [0.717, 1.165) is 26.1 Å². The molecular formula is C19H26N2O3. The van der Waals surface area contributed by atoms with Crippen LogP contribution in [0.4, 0.5) is 0 Å². The Kier molecular flexibility index (Phi) is 4.38. The number of rotatable bonds is 5. The van der Waals surface area contributed by atoms with Crippen LogP contribution in [-0.2, 0) is 16.1 Å². The summed E-state index contributed by atoms with van der Waals surface area (Å²) in [5.74, 6) is -1.81. The quantitative estimate of drug-likeness (QED) is 0.898. The number of likely N-dealkylation sites (N-methyl/N-ethyl adjacent to an activating group) is 1. The van der Waals surface area contributed by atoms with Gasteiger partial charge in [0.25, 0.3) is 0 Å². The fraction of sp³-hybridized carbons (Fsp3) is 0.579. The van der Waals surface area contributed by atoms with Crippen molar-refractivity contribution in [3.63, 3.8) is 0 Å². The van der Waals surface area contributed by atoms with Gasteiger partial charge in [-0.25, -0.2) is 0 Å². The van der Waals surface area contributed by atoms with Gasteiger partial charge in [-0.1, -0.05) is 44.2 Å². The van der Waals surface area contributed by atoms with Gasteiger partial charge in [0.05, 0.1) is 11.8 Å². The Balaban J connectivity index is 1.58. The van der Waals surface area contributed by atoms with E-state index in [9.17, 15) is 14.7 Å². The van der Waals surface area contributed by atoms with Crippen LogP contribution in [0.15, 0.2) is 30.3 Å². The normalized spacial score (nSPS) is 28.5. The molecule has 1 aromatic rings. The number of likely N-dealkylation sites (tertiary alicyclic amines) is 1. The van der Waals surface area contributed by atoms with Crippen molar-refractivity contribution < 1.29 is 14.7 Å². The van der Waals surface area contributed by atoms with Gasteiger partial charge in [0.2, 0.25) is 5.91 Å². The highest BCUT2D eigenvalue weighted by molar-refractivity contribution is 5.91. The molecule has 3 rings (SSSR count). The molecule has 5 nitrogen and oxygen atoms in total. The van der Waals surface area contributed by atoms with E-state index in [1.807, 2.05) is 39.1 Å². The van der Waals surface area contributed by atoms with Crippen LogP contribution in [0.3, 0.4) is 0 Å². The molecule has 2 fully saturated rings. The summed E-state index contributed by atoms with van der Waals surface area (Å²) in [4.78, 5) is 28.2. The Bertz CT molecular complexity index is 629. The predicted octanol–water partition coefficient (Wildman–Crippen LogP) is 2.08. The lowest BCUT2D eigenvalue weighted by atomic mass is 10.1. The molecule has 1 aliphatic carbocycles. The second-order valence-corrected chi connectivity index (χ2v) is 7.73. The number of carboxylic acids is 1. The Morgan fingerprint density at radius 3 is 2.50 bits per heavy atom. The fourth-order valence-electron chi connectivity index (χ4n) is 4.07. The molecule has 2 aliphatic rings. The van der Waals surface area contributed by atoms with E-state index in [2.05, 4.69) is 17.0 Å². The van der Waals surface area contributed by atoms with Crippen LogP contribution in [0.5, 0.6) is 0 Å². The van der Waals surface area contributed by atoms with Crippen LogP contribution in [0.25, 0.3) is 0 Å². The standard InChI is InChI=1S/C19H26N2O3/c1-19(2)15(16(19)18(23)24)17(22)20(3)14-9-10-21(12-14)11-13-7-5-4-6-8-13/h4-8,14-16H,9-12H2,1-3H3,(H,23,24)/t14?,15-,16+/m0/s1. The van der Waals surface area contributed by atoms with Crippen molar-refractivity contribution >= 4 is 11.9 Å². The molecule has 0 radical (unpaired) electrons. The largest absolute Gasteiger partial charge is 0.481 e. The van der Waals surface area contributed by atoms with Crippen LogP contribution < -0.4 is 0 Å². The number of carbonyl (C=O) groups excluding carboxylic acids is 1. The predicted molar refractivity (Wildman–Crippen MR) is 91.3 cm³/mol. The SMILES string of the molecule is CN(C(=O)[C@@H]1[C@H](C(=O)O)C1(C)C)C1CCN(Cc2ccccc2)C1. The highest BCUT2D eigenvalue weighted by atomic mass is 16.4. The number of aliphatic carboxylic acids is 1. The summed E-state index contributed by atoms with van der Waals surface area (Å²) >= 11 is 0. The molecule has 24 heavy (non-hydrogen) atoms. The molecule has 1 N–H and O–H groups in total. The Labute approximate surface area is 143 Å². The summed E-state index contributed by atoms with van der Waals surface area (Å²) in [7, 11) is 1.83. The summed E-state index contributed by atoms with van der Waals surface area (Å²) in [6.07, 6.45) is 0.944. The van der Waals surface area contributed by atoms with Crippen molar-refractivity contribution in [2.45, 2.75) is 32.9 Å². The third-order valence-corrected chi connectivity index (χ3v) is 5.75. The maximum atomic E-state index is 12.7. The minimum atomic E-state index is -0.858. The van der Waals surface area contributed by atoms with E-state index < -0.39 is 17.3 Å². The smallest absolute Gasteiger partial charge is 0.307 e. The summed E-state index contributed by atoms with van der Waals surface area (Å²) in [6, 6.07) is 10.5. The lowest BCUT2D eigenvalue weighted by molar-refractivity contribution is -0.142. The molecule has 1 heterocycles. The molecule has 1 unspecified atom stereocenters. The van der Waals surface area contributed by atoms with Crippen LogP contribution in [0.1, 0.15) is 25.8 Å². The number of carboxylic acid groups (broad SMARTS) is 1. The number of hydrogen-bond donors (Lipinski definition) is 1. The van der Waals surface area contributed by atoms with E-state index in [-0.39, 0.29) is 17.9 Å². The van der Waals surface area contributed by atoms with Crippen LogP contribution >= 0.6 is 0 Å². The van der Waals surface area contributed by atoms with Gasteiger partial charge < -0.3 is 10.0 Å². The van der Waals surface area contributed by atoms with Gasteiger partial charge >= 0.3 is 5.97 Å². The highest BCUT2D eigenvalue weighted by Crippen LogP contribution is 2.59. The first-order valence-electron chi connectivity index (χ1n) is 8.58. The average Bonchev–Trinajstić information content (AvgIpc) is 2.89. The summed E-state index contributed by atoms with van der Waals surface area (Å²) in [6.45, 7) is 6.46. The summed E-state index contributed by atoms with van der Waals surface area (Å²) < 4.78 is 0. The molecule has 1 saturated carbocycles.